The molecule has 0 bridgehead atoms. The molecule has 0 atom stereocenters. The Labute approximate surface area is 87.5 Å². The molecule has 0 amide bonds. The predicted molar refractivity (Wildman–Crippen MR) is 61.8 cm³/mol. The number of thioether (sulfide) groups is 1. The van der Waals surface area contributed by atoms with Gasteiger partial charge in [0.25, 0.3) is 0 Å². The summed E-state index contributed by atoms with van der Waals surface area (Å²) >= 11 is 1.80. The number of aromatic nitrogens is 1. The van der Waals surface area contributed by atoms with Crippen LogP contribution in [0.3, 0.4) is 0 Å². The van der Waals surface area contributed by atoms with Crippen LogP contribution >= 0.6 is 11.8 Å². The number of hydrogen-bond donors (Lipinski definition) is 1. The summed E-state index contributed by atoms with van der Waals surface area (Å²) in [7, 11) is 2.04. The zero-order chi connectivity index (χ0) is 10.1. The molecule has 0 saturated heterocycles. The van der Waals surface area contributed by atoms with Gasteiger partial charge in [-0.15, -0.1) is 0 Å². The summed E-state index contributed by atoms with van der Waals surface area (Å²) < 4.78 is 2.13. The number of aryl methyl sites for hydroxylation is 1. The zero-order valence-corrected chi connectivity index (χ0v) is 9.14. The van der Waals surface area contributed by atoms with Crippen LogP contribution in [0.15, 0.2) is 24.3 Å². The van der Waals surface area contributed by atoms with E-state index in [9.17, 15) is 5.11 Å². The van der Waals surface area contributed by atoms with E-state index < -0.39 is 0 Å². The van der Waals surface area contributed by atoms with Crippen LogP contribution in [0.25, 0.3) is 10.9 Å². The molecule has 0 spiro atoms. The minimum Gasteiger partial charge on any atom is -0.508 e. The van der Waals surface area contributed by atoms with Gasteiger partial charge in [0, 0.05) is 29.9 Å². The number of fused-ring (bicyclic) bond motifs is 1. The van der Waals surface area contributed by atoms with Gasteiger partial charge in [-0.2, -0.15) is 11.8 Å². The maximum atomic E-state index is 9.38. The summed E-state index contributed by atoms with van der Waals surface area (Å²) in [4.78, 5) is 0. The minimum atomic E-state index is 0.328. The Morgan fingerprint density at radius 2 is 2.14 bits per heavy atom. The molecule has 0 unspecified atom stereocenters. The van der Waals surface area contributed by atoms with Gasteiger partial charge >= 0.3 is 0 Å². The largest absolute Gasteiger partial charge is 0.508 e. The molecule has 0 aliphatic heterocycles. The summed E-state index contributed by atoms with van der Waals surface area (Å²) in [6.07, 6.45) is 2.09. The van der Waals surface area contributed by atoms with Gasteiger partial charge in [-0.25, -0.2) is 0 Å². The number of phenolic OH excluding ortho intramolecular Hbond substituents is 1. The summed E-state index contributed by atoms with van der Waals surface area (Å²) in [5, 5.41) is 10.6. The van der Waals surface area contributed by atoms with Crippen molar-refractivity contribution in [3.63, 3.8) is 0 Å². The third-order valence-electron chi connectivity index (χ3n) is 2.42. The lowest BCUT2D eigenvalue weighted by Gasteiger charge is -2.01. The standard InChI is InChI=1S/C11H13NOS/c1-12-9(7-14-2)5-8-3-4-10(13)6-11(8)12/h3-6,13H,7H2,1-2H3. The van der Waals surface area contributed by atoms with E-state index in [1.807, 2.05) is 13.1 Å². The molecule has 0 fully saturated rings. The smallest absolute Gasteiger partial charge is 0.117 e. The monoisotopic (exact) mass is 207 g/mol. The number of rotatable bonds is 2. The molecule has 1 aromatic heterocycles. The Kier molecular flexibility index (Phi) is 2.42. The summed E-state index contributed by atoms with van der Waals surface area (Å²) in [5.41, 5.74) is 2.38. The fraction of sp³-hybridized carbons (Fsp3) is 0.273. The molecule has 2 rings (SSSR count). The summed E-state index contributed by atoms with van der Waals surface area (Å²) in [6, 6.07) is 7.66. The van der Waals surface area contributed by atoms with Crippen LogP contribution in [0.5, 0.6) is 5.75 Å². The van der Waals surface area contributed by atoms with E-state index in [1.54, 1.807) is 23.9 Å². The number of phenols is 1. The van der Waals surface area contributed by atoms with E-state index in [4.69, 9.17) is 0 Å². The fourth-order valence-corrected chi connectivity index (χ4v) is 2.23. The number of hydrogen-bond acceptors (Lipinski definition) is 2. The first-order valence-corrected chi connectivity index (χ1v) is 5.88. The first-order valence-electron chi connectivity index (χ1n) is 4.48. The quantitative estimate of drug-likeness (QED) is 0.819. The first kappa shape index (κ1) is 9.46. The molecule has 2 aromatic rings. The van der Waals surface area contributed by atoms with Crippen molar-refractivity contribution in [2.75, 3.05) is 6.26 Å². The minimum absolute atomic E-state index is 0.328. The molecule has 14 heavy (non-hydrogen) atoms. The lowest BCUT2D eigenvalue weighted by molar-refractivity contribution is 0.476. The average Bonchev–Trinajstić information content (AvgIpc) is 2.46. The fourth-order valence-electron chi connectivity index (χ4n) is 1.66. The normalized spacial score (nSPS) is 11.0. The molecule has 1 N–H and O–H groups in total. The molecule has 1 aromatic carbocycles. The molecule has 0 aliphatic rings. The second kappa shape index (κ2) is 3.58. The topological polar surface area (TPSA) is 25.2 Å². The first-order chi connectivity index (χ1) is 6.72. The van der Waals surface area contributed by atoms with Gasteiger partial charge in [-0.3, -0.25) is 0 Å². The second-order valence-electron chi connectivity index (χ2n) is 3.37. The van der Waals surface area contributed by atoms with Crippen molar-refractivity contribution < 1.29 is 5.11 Å². The Bertz CT molecular complexity index is 462. The van der Waals surface area contributed by atoms with Crippen molar-refractivity contribution in [3.05, 3.63) is 30.0 Å². The Hall–Kier alpha value is -1.09. The van der Waals surface area contributed by atoms with E-state index in [-0.39, 0.29) is 0 Å². The third-order valence-corrected chi connectivity index (χ3v) is 3.00. The van der Waals surface area contributed by atoms with Crippen LogP contribution in [0.4, 0.5) is 0 Å². The van der Waals surface area contributed by atoms with Crippen LogP contribution < -0.4 is 0 Å². The number of benzene rings is 1. The SMILES string of the molecule is CSCc1cc2ccc(O)cc2n1C. The number of nitrogens with zero attached hydrogens (tertiary/aromatic N) is 1. The van der Waals surface area contributed by atoms with Crippen molar-refractivity contribution in [3.8, 4) is 5.75 Å². The van der Waals surface area contributed by atoms with E-state index in [0.717, 1.165) is 11.3 Å². The van der Waals surface area contributed by atoms with Crippen molar-refractivity contribution >= 4 is 22.7 Å². The van der Waals surface area contributed by atoms with Gasteiger partial charge in [0.1, 0.15) is 5.75 Å². The van der Waals surface area contributed by atoms with Crippen molar-refractivity contribution in [1.29, 1.82) is 0 Å². The zero-order valence-electron chi connectivity index (χ0n) is 8.32. The van der Waals surface area contributed by atoms with Gasteiger partial charge < -0.3 is 9.67 Å². The van der Waals surface area contributed by atoms with Crippen LogP contribution in [-0.2, 0) is 12.8 Å². The van der Waals surface area contributed by atoms with Crippen molar-refractivity contribution in [2.24, 2.45) is 7.05 Å². The average molecular weight is 207 g/mol. The molecular formula is C11H13NOS. The molecule has 1 heterocycles. The molecule has 3 heteroatoms. The molecule has 74 valence electrons. The second-order valence-corrected chi connectivity index (χ2v) is 4.24. The van der Waals surface area contributed by atoms with Gasteiger partial charge in [0.05, 0.1) is 5.52 Å². The van der Waals surface area contributed by atoms with E-state index in [2.05, 4.69) is 16.9 Å². The van der Waals surface area contributed by atoms with E-state index in [0.29, 0.717) is 5.75 Å². The van der Waals surface area contributed by atoms with E-state index >= 15 is 0 Å². The van der Waals surface area contributed by atoms with Crippen LogP contribution in [-0.4, -0.2) is 15.9 Å². The Balaban J connectivity index is 2.62. The van der Waals surface area contributed by atoms with Crippen LogP contribution in [0.1, 0.15) is 5.69 Å². The van der Waals surface area contributed by atoms with Gasteiger partial charge in [0.2, 0.25) is 0 Å². The predicted octanol–water partition coefficient (Wildman–Crippen LogP) is 2.75. The lowest BCUT2D eigenvalue weighted by Crippen LogP contribution is -1.93. The molecule has 0 saturated carbocycles. The maximum absolute atomic E-state index is 9.38. The van der Waals surface area contributed by atoms with Gasteiger partial charge in [-0.05, 0) is 24.5 Å². The van der Waals surface area contributed by atoms with Gasteiger partial charge in [0.15, 0.2) is 0 Å². The molecular weight excluding hydrogens is 194 g/mol. The highest BCUT2D eigenvalue weighted by molar-refractivity contribution is 7.97. The third kappa shape index (κ3) is 1.48. The Morgan fingerprint density at radius 1 is 1.36 bits per heavy atom. The highest BCUT2D eigenvalue weighted by Gasteiger charge is 2.05. The van der Waals surface area contributed by atoms with Crippen molar-refractivity contribution in [1.82, 2.24) is 4.57 Å². The maximum Gasteiger partial charge on any atom is 0.117 e. The van der Waals surface area contributed by atoms with Crippen molar-refractivity contribution in [2.45, 2.75) is 5.75 Å². The Morgan fingerprint density at radius 3 is 2.86 bits per heavy atom. The summed E-state index contributed by atoms with van der Waals surface area (Å²) in [6.45, 7) is 0. The molecule has 2 nitrogen and oxygen atoms in total. The highest BCUT2D eigenvalue weighted by Crippen LogP contribution is 2.24. The molecule has 0 radical (unpaired) electrons. The number of aromatic hydroxyl groups is 1. The van der Waals surface area contributed by atoms with Gasteiger partial charge in [-0.1, -0.05) is 0 Å². The molecule has 0 aliphatic carbocycles. The highest BCUT2D eigenvalue weighted by atomic mass is 32.2. The van der Waals surface area contributed by atoms with Crippen LogP contribution in [0, 0.1) is 0 Å². The van der Waals surface area contributed by atoms with E-state index in [1.165, 1.54) is 11.1 Å². The van der Waals surface area contributed by atoms with Crippen LogP contribution in [0.2, 0.25) is 0 Å². The lowest BCUT2D eigenvalue weighted by atomic mass is 10.2. The summed E-state index contributed by atoms with van der Waals surface area (Å²) in [5.74, 6) is 1.33.